The molecule has 0 aliphatic carbocycles. The number of carbonyl (C=O) groups excluding carboxylic acids is 1. The molecule has 1 aromatic rings. The first-order valence-corrected chi connectivity index (χ1v) is 9.75. The van der Waals surface area contributed by atoms with E-state index in [1.165, 1.54) is 0 Å². The van der Waals surface area contributed by atoms with E-state index >= 15 is 0 Å². The molecule has 0 aromatic carbocycles. The molecule has 0 saturated carbocycles. The van der Waals surface area contributed by atoms with E-state index in [4.69, 9.17) is 13.9 Å². The van der Waals surface area contributed by atoms with Crippen molar-refractivity contribution in [2.45, 2.75) is 59.3 Å². The minimum Gasteiger partial charge on any atom is -0.467 e. The van der Waals surface area contributed by atoms with E-state index in [-0.39, 0.29) is 12.0 Å². The summed E-state index contributed by atoms with van der Waals surface area (Å²) in [6.07, 6.45) is 2.06. The van der Waals surface area contributed by atoms with E-state index in [1.54, 1.807) is 13.3 Å². The number of hydrogen-bond donors (Lipinski definition) is 3. The molecule has 1 atom stereocenters. The highest BCUT2D eigenvalue weighted by atomic mass is 16.6. The lowest BCUT2D eigenvalue weighted by molar-refractivity contribution is 0.0491. The molecule has 1 rings (SSSR count). The van der Waals surface area contributed by atoms with Crippen LogP contribution in [0.1, 0.15) is 46.8 Å². The molecule has 8 heteroatoms. The average molecular weight is 397 g/mol. The highest BCUT2D eigenvalue weighted by molar-refractivity contribution is 5.79. The first-order chi connectivity index (χ1) is 13.2. The highest BCUT2D eigenvalue weighted by Crippen LogP contribution is 2.08. The lowest BCUT2D eigenvalue weighted by atomic mass is 10.0. The second-order valence-electron chi connectivity index (χ2n) is 7.86. The summed E-state index contributed by atoms with van der Waals surface area (Å²) in [4.78, 5) is 16.2. The van der Waals surface area contributed by atoms with Gasteiger partial charge < -0.3 is 29.8 Å². The summed E-state index contributed by atoms with van der Waals surface area (Å²) >= 11 is 0. The highest BCUT2D eigenvalue weighted by Gasteiger charge is 2.21. The molecule has 0 saturated heterocycles. The predicted octanol–water partition coefficient (Wildman–Crippen LogP) is 2.90. The summed E-state index contributed by atoms with van der Waals surface area (Å²) in [7, 11) is 1.72. The molecule has 0 aliphatic rings. The van der Waals surface area contributed by atoms with E-state index < -0.39 is 11.7 Å². The van der Waals surface area contributed by atoms with Crippen molar-refractivity contribution in [3.8, 4) is 0 Å². The van der Waals surface area contributed by atoms with Crippen molar-refractivity contribution in [2.75, 3.05) is 26.7 Å². The van der Waals surface area contributed by atoms with Crippen molar-refractivity contribution < 1.29 is 18.7 Å². The molecular formula is C20H36N4O4. The second kappa shape index (κ2) is 12.3. The molecule has 28 heavy (non-hydrogen) atoms. The minimum atomic E-state index is -0.518. The molecular weight excluding hydrogens is 360 g/mol. The Morgan fingerprint density at radius 2 is 2.04 bits per heavy atom. The quantitative estimate of drug-likeness (QED) is 0.320. The molecule has 0 fully saturated rings. The van der Waals surface area contributed by atoms with Crippen molar-refractivity contribution >= 4 is 12.1 Å². The predicted molar refractivity (Wildman–Crippen MR) is 110 cm³/mol. The lowest BCUT2D eigenvalue weighted by Gasteiger charge is -2.26. The standard InChI is InChI=1S/C20H36N4O4/c1-15(2)17(24-19(25)28-20(3,4)5)13-23-18(21-6)22-10-8-11-26-14-16-9-7-12-27-16/h7,9,12,15,17H,8,10-11,13-14H2,1-6H3,(H,24,25)(H2,21,22,23). The number of carbonyl (C=O) groups is 1. The van der Waals surface area contributed by atoms with Crippen molar-refractivity contribution in [1.82, 2.24) is 16.0 Å². The van der Waals surface area contributed by atoms with E-state index in [1.807, 2.05) is 32.9 Å². The Morgan fingerprint density at radius 3 is 2.61 bits per heavy atom. The molecule has 8 nitrogen and oxygen atoms in total. The van der Waals surface area contributed by atoms with Gasteiger partial charge in [0.15, 0.2) is 5.96 Å². The molecule has 1 amide bonds. The van der Waals surface area contributed by atoms with Crippen molar-refractivity contribution in [1.29, 1.82) is 0 Å². The number of furan rings is 1. The van der Waals surface area contributed by atoms with Crippen LogP contribution in [0.25, 0.3) is 0 Å². The SMILES string of the molecule is CN=C(NCCCOCc1ccco1)NCC(NC(=O)OC(C)(C)C)C(C)C. The van der Waals surface area contributed by atoms with E-state index in [9.17, 15) is 4.79 Å². The number of hydrogen-bond acceptors (Lipinski definition) is 5. The van der Waals surface area contributed by atoms with Gasteiger partial charge in [-0.15, -0.1) is 0 Å². The van der Waals surface area contributed by atoms with Crippen molar-refractivity contribution in [3.05, 3.63) is 24.2 Å². The Bertz CT molecular complexity index is 580. The van der Waals surface area contributed by atoms with Gasteiger partial charge in [0.1, 0.15) is 18.0 Å². The minimum absolute atomic E-state index is 0.0787. The Balaban J connectivity index is 2.26. The monoisotopic (exact) mass is 396 g/mol. The van der Waals surface area contributed by atoms with E-state index in [0.29, 0.717) is 25.7 Å². The second-order valence-corrected chi connectivity index (χ2v) is 7.86. The lowest BCUT2D eigenvalue weighted by Crippen LogP contribution is -2.50. The maximum absolute atomic E-state index is 12.0. The number of alkyl carbamates (subject to hydrolysis) is 1. The van der Waals surface area contributed by atoms with Crippen LogP contribution in [0.4, 0.5) is 4.79 Å². The normalized spacial score (nSPS) is 13.3. The van der Waals surface area contributed by atoms with Crippen LogP contribution < -0.4 is 16.0 Å². The van der Waals surface area contributed by atoms with Gasteiger partial charge in [-0.3, -0.25) is 4.99 Å². The van der Waals surface area contributed by atoms with Gasteiger partial charge in [0, 0.05) is 26.7 Å². The van der Waals surface area contributed by atoms with Crippen LogP contribution in [0.3, 0.4) is 0 Å². The Labute approximate surface area is 168 Å². The summed E-state index contributed by atoms with van der Waals surface area (Å²) < 4.78 is 16.1. The van der Waals surface area contributed by atoms with Gasteiger partial charge in [-0.2, -0.15) is 0 Å². The van der Waals surface area contributed by atoms with Gasteiger partial charge in [0.25, 0.3) is 0 Å². The molecule has 0 radical (unpaired) electrons. The number of nitrogens with zero attached hydrogens (tertiary/aromatic N) is 1. The zero-order chi connectivity index (χ0) is 21.0. The Morgan fingerprint density at radius 1 is 1.29 bits per heavy atom. The zero-order valence-electron chi connectivity index (χ0n) is 18.0. The van der Waals surface area contributed by atoms with Gasteiger partial charge in [-0.05, 0) is 45.2 Å². The van der Waals surface area contributed by atoms with Crippen LogP contribution >= 0.6 is 0 Å². The van der Waals surface area contributed by atoms with E-state index in [2.05, 4.69) is 34.8 Å². The third-order valence-corrected chi connectivity index (χ3v) is 3.80. The average Bonchev–Trinajstić information content (AvgIpc) is 3.10. The molecule has 0 spiro atoms. The van der Waals surface area contributed by atoms with E-state index in [0.717, 1.165) is 18.7 Å². The molecule has 3 N–H and O–H groups in total. The summed E-state index contributed by atoms with van der Waals surface area (Å²) in [5.41, 5.74) is -0.518. The summed E-state index contributed by atoms with van der Waals surface area (Å²) in [5.74, 6) is 1.75. The van der Waals surface area contributed by atoms with Gasteiger partial charge in [-0.25, -0.2) is 4.79 Å². The first kappa shape index (κ1) is 23.8. The Hall–Kier alpha value is -2.22. The van der Waals surface area contributed by atoms with Crippen LogP contribution in [-0.2, 0) is 16.1 Å². The van der Waals surface area contributed by atoms with Crippen molar-refractivity contribution in [2.24, 2.45) is 10.9 Å². The van der Waals surface area contributed by atoms with Gasteiger partial charge >= 0.3 is 6.09 Å². The van der Waals surface area contributed by atoms with Crippen LogP contribution in [0.5, 0.6) is 0 Å². The zero-order valence-corrected chi connectivity index (χ0v) is 18.0. The number of nitrogens with one attached hydrogen (secondary N) is 3. The van der Waals surface area contributed by atoms with Gasteiger partial charge in [0.05, 0.1) is 12.3 Å². The van der Waals surface area contributed by atoms with Crippen LogP contribution in [0, 0.1) is 5.92 Å². The fourth-order valence-electron chi connectivity index (χ4n) is 2.29. The number of aliphatic imine (C=N–C) groups is 1. The summed E-state index contributed by atoms with van der Waals surface area (Å²) in [6.45, 7) is 12.0. The first-order valence-electron chi connectivity index (χ1n) is 9.75. The van der Waals surface area contributed by atoms with Crippen LogP contribution in [0.2, 0.25) is 0 Å². The largest absolute Gasteiger partial charge is 0.467 e. The summed E-state index contributed by atoms with van der Waals surface area (Å²) in [5, 5.41) is 9.40. The summed E-state index contributed by atoms with van der Waals surface area (Å²) in [6, 6.07) is 3.66. The van der Waals surface area contributed by atoms with Crippen LogP contribution in [-0.4, -0.2) is 50.4 Å². The number of rotatable bonds is 10. The fraction of sp³-hybridized carbons (Fsp3) is 0.700. The van der Waals surface area contributed by atoms with Crippen molar-refractivity contribution in [3.63, 3.8) is 0 Å². The molecule has 1 heterocycles. The molecule has 1 unspecified atom stereocenters. The third-order valence-electron chi connectivity index (χ3n) is 3.80. The number of guanidine groups is 1. The maximum Gasteiger partial charge on any atom is 0.407 e. The number of amides is 1. The Kier molecular flexibility index (Phi) is 10.4. The molecule has 160 valence electrons. The maximum atomic E-state index is 12.0. The van der Waals surface area contributed by atoms with Gasteiger partial charge in [0.2, 0.25) is 0 Å². The molecule has 0 bridgehead atoms. The molecule has 1 aromatic heterocycles. The fourth-order valence-corrected chi connectivity index (χ4v) is 2.29. The van der Waals surface area contributed by atoms with Gasteiger partial charge in [-0.1, -0.05) is 13.8 Å². The topological polar surface area (TPSA) is 97.1 Å². The molecule has 0 aliphatic heterocycles. The number of ether oxygens (including phenoxy) is 2. The third kappa shape index (κ3) is 10.8. The smallest absolute Gasteiger partial charge is 0.407 e. The van der Waals surface area contributed by atoms with Crippen LogP contribution in [0.15, 0.2) is 27.8 Å².